The minimum atomic E-state index is -0.481. The molecule has 0 aromatic heterocycles. The number of carbonyl (C=O) groups is 1. The minimum absolute atomic E-state index is 0. The highest BCUT2D eigenvalue weighted by Crippen LogP contribution is 2.27. The summed E-state index contributed by atoms with van der Waals surface area (Å²) in [6, 6.07) is 6.51. The van der Waals surface area contributed by atoms with E-state index in [1.807, 2.05) is 34.6 Å². The van der Waals surface area contributed by atoms with Crippen molar-refractivity contribution in [3.63, 3.8) is 0 Å². The summed E-state index contributed by atoms with van der Waals surface area (Å²) in [5, 5.41) is 28.7. The third-order valence-electron chi connectivity index (χ3n) is 4.25. The van der Waals surface area contributed by atoms with Crippen LogP contribution in [0.5, 0.6) is 0 Å². The van der Waals surface area contributed by atoms with Crippen LogP contribution in [0.4, 0.5) is 0 Å². The van der Waals surface area contributed by atoms with Gasteiger partial charge in [0.1, 0.15) is 0 Å². The van der Waals surface area contributed by atoms with Crippen molar-refractivity contribution in [2.24, 2.45) is 28.9 Å². The van der Waals surface area contributed by atoms with Crippen molar-refractivity contribution in [3.05, 3.63) is 0 Å². The number of nitrogens with zero attached hydrogens (tertiary/aromatic N) is 3. The second-order valence-electron chi connectivity index (χ2n) is 7.22. The highest BCUT2D eigenvalue weighted by molar-refractivity contribution is 5.85. The standard InChI is InChI=1S/C12H23N3O.C8H12N2.ClH/c1-4-10(9-14)8-12(2,3)11(16)15-7-5-6-13;1-3-8(6-10)4-7(2)5-9;/h10H,4-8,13H2,1-3H3,(H,15,16);7-8H,3-4H2,1-2H3;1H. The summed E-state index contributed by atoms with van der Waals surface area (Å²) >= 11 is 0. The van der Waals surface area contributed by atoms with Crippen molar-refractivity contribution in [1.29, 1.82) is 15.8 Å². The van der Waals surface area contributed by atoms with Crippen molar-refractivity contribution in [2.75, 3.05) is 13.1 Å². The van der Waals surface area contributed by atoms with Gasteiger partial charge in [-0.2, -0.15) is 15.8 Å². The lowest BCUT2D eigenvalue weighted by molar-refractivity contribution is -0.130. The molecule has 0 spiro atoms. The second-order valence-corrected chi connectivity index (χ2v) is 7.22. The van der Waals surface area contributed by atoms with Crippen LogP contribution in [0.3, 0.4) is 0 Å². The Balaban J connectivity index is -0.000000454. The Morgan fingerprint density at radius 2 is 1.59 bits per heavy atom. The van der Waals surface area contributed by atoms with Crippen molar-refractivity contribution >= 4 is 18.3 Å². The zero-order valence-corrected chi connectivity index (χ0v) is 18.2. The molecule has 3 atom stereocenters. The second kappa shape index (κ2) is 17.6. The van der Waals surface area contributed by atoms with Crippen LogP contribution in [0.25, 0.3) is 0 Å². The number of nitrogens with one attached hydrogen (secondary N) is 1. The average Bonchev–Trinajstić information content (AvgIpc) is 2.64. The highest BCUT2D eigenvalue weighted by atomic mass is 35.5. The molecule has 0 heterocycles. The molecule has 6 nitrogen and oxygen atoms in total. The van der Waals surface area contributed by atoms with E-state index >= 15 is 0 Å². The number of nitriles is 3. The molecule has 3 N–H and O–H groups in total. The number of hydrogen-bond donors (Lipinski definition) is 2. The molecule has 0 fully saturated rings. The molecule has 154 valence electrons. The van der Waals surface area contributed by atoms with Gasteiger partial charge in [-0.1, -0.05) is 27.7 Å². The summed E-state index contributed by atoms with van der Waals surface area (Å²) in [6.45, 7) is 10.7. The van der Waals surface area contributed by atoms with Crippen LogP contribution < -0.4 is 11.1 Å². The van der Waals surface area contributed by atoms with E-state index in [2.05, 4.69) is 23.5 Å². The number of rotatable bonds is 10. The van der Waals surface area contributed by atoms with Crippen molar-refractivity contribution in [3.8, 4) is 18.2 Å². The lowest BCUT2D eigenvalue weighted by atomic mass is 9.81. The first-order valence-electron chi connectivity index (χ1n) is 9.39. The molecular weight excluding hydrogens is 362 g/mol. The Kier molecular flexibility index (Phi) is 19.5. The van der Waals surface area contributed by atoms with Crippen LogP contribution in [0.15, 0.2) is 0 Å². The SMILES string of the molecule is CCC(C#N)CC(C)(C)C(=O)NCCCN.CCC(C#N)CC(C)C#N.Cl. The van der Waals surface area contributed by atoms with E-state index in [0.717, 1.165) is 19.3 Å². The molecule has 0 rings (SSSR count). The number of halogens is 1. The van der Waals surface area contributed by atoms with E-state index in [9.17, 15) is 4.79 Å². The zero-order valence-electron chi connectivity index (χ0n) is 17.4. The predicted octanol–water partition coefficient (Wildman–Crippen LogP) is 3.93. The Bertz CT molecular complexity index is 516. The van der Waals surface area contributed by atoms with Gasteiger partial charge >= 0.3 is 0 Å². The number of nitrogens with two attached hydrogens (primary N) is 1. The van der Waals surface area contributed by atoms with Gasteiger partial charge in [-0.25, -0.2) is 0 Å². The van der Waals surface area contributed by atoms with Gasteiger partial charge < -0.3 is 11.1 Å². The van der Waals surface area contributed by atoms with E-state index in [1.54, 1.807) is 0 Å². The first kappa shape index (κ1) is 29.9. The summed E-state index contributed by atoms with van der Waals surface area (Å²) in [5.74, 6) is 0.0455. The molecule has 0 aliphatic carbocycles. The molecule has 0 aromatic carbocycles. The van der Waals surface area contributed by atoms with Gasteiger partial charge in [0, 0.05) is 29.7 Å². The molecule has 1 amide bonds. The topological polar surface area (TPSA) is 126 Å². The maximum Gasteiger partial charge on any atom is 0.225 e. The molecule has 0 radical (unpaired) electrons. The monoisotopic (exact) mass is 397 g/mol. The first-order valence-corrected chi connectivity index (χ1v) is 9.39. The van der Waals surface area contributed by atoms with Crippen LogP contribution in [0.2, 0.25) is 0 Å². The van der Waals surface area contributed by atoms with Crippen LogP contribution >= 0.6 is 12.4 Å². The first-order chi connectivity index (χ1) is 12.2. The van der Waals surface area contributed by atoms with Crippen LogP contribution in [0, 0.1) is 57.2 Å². The van der Waals surface area contributed by atoms with Gasteiger partial charge in [0.2, 0.25) is 5.91 Å². The van der Waals surface area contributed by atoms with E-state index in [0.29, 0.717) is 25.9 Å². The largest absolute Gasteiger partial charge is 0.356 e. The maximum atomic E-state index is 11.8. The van der Waals surface area contributed by atoms with Gasteiger partial charge in [-0.05, 0) is 45.6 Å². The Morgan fingerprint density at radius 3 is 1.96 bits per heavy atom. The van der Waals surface area contributed by atoms with Crippen LogP contribution in [-0.4, -0.2) is 19.0 Å². The molecule has 27 heavy (non-hydrogen) atoms. The fourth-order valence-corrected chi connectivity index (χ4v) is 2.32. The van der Waals surface area contributed by atoms with Gasteiger partial charge in [0.15, 0.2) is 0 Å². The van der Waals surface area contributed by atoms with Crippen molar-refractivity contribution in [1.82, 2.24) is 5.32 Å². The molecule has 0 aliphatic rings. The normalized spacial score (nSPS) is 13.1. The quantitative estimate of drug-likeness (QED) is 0.540. The van der Waals surface area contributed by atoms with Gasteiger partial charge in [0.25, 0.3) is 0 Å². The van der Waals surface area contributed by atoms with Crippen LogP contribution in [0.1, 0.15) is 66.7 Å². The minimum Gasteiger partial charge on any atom is -0.356 e. The zero-order chi connectivity index (χ0) is 20.6. The summed E-state index contributed by atoms with van der Waals surface area (Å²) in [5.41, 5.74) is 4.87. The van der Waals surface area contributed by atoms with E-state index in [-0.39, 0.29) is 36.1 Å². The van der Waals surface area contributed by atoms with E-state index in [4.69, 9.17) is 21.5 Å². The van der Waals surface area contributed by atoms with Crippen molar-refractivity contribution < 1.29 is 4.79 Å². The highest BCUT2D eigenvalue weighted by Gasteiger charge is 2.30. The number of amides is 1. The number of carbonyl (C=O) groups excluding carboxylic acids is 1. The third-order valence-corrected chi connectivity index (χ3v) is 4.25. The van der Waals surface area contributed by atoms with E-state index in [1.165, 1.54) is 0 Å². The molecule has 7 heteroatoms. The Labute approximate surface area is 171 Å². The fraction of sp³-hybridized carbons (Fsp3) is 0.800. The van der Waals surface area contributed by atoms with Crippen molar-refractivity contribution in [2.45, 2.75) is 66.7 Å². The summed E-state index contributed by atoms with van der Waals surface area (Å²) in [4.78, 5) is 11.8. The molecule has 0 aromatic rings. The maximum absolute atomic E-state index is 11.8. The Hall–Kier alpha value is -1.81. The molecule has 0 aliphatic heterocycles. The average molecular weight is 398 g/mol. The molecule has 0 bridgehead atoms. The third kappa shape index (κ3) is 15.0. The molecule has 0 saturated heterocycles. The Morgan fingerprint density at radius 1 is 1.07 bits per heavy atom. The molecule has 0 saturated carbocycles. The lowest BCUT2D eigenvalue weighted by Crippen LogP contribution is -2.39. The van der Waals surface area contributed by atoms with Crippen LogP contribution in [-0.2, 0) is 4.79 Å². The van der Waals surface area contributed by atoms with Gasteiger partial charge in [-0.15, -0.1) is 12.4 Å². The van der Waals surface area contributed by atoms with Gasteiger partial charge in [-0.3, -0.25) is 4.79 Å². The molecule has 3 unspecified atom stereocenters. The molecular formula is C20H36ClN5O. The lowest BCUT2D eigenvalue weighted by Gasteiger charge is -2.25. The number of hydrogen-bond acceptors (Lipinski definition) is 5. The fourth-order valence-electron chi connectivity index (χ4n) is 2.32. The smallest absolute Gasteiger partial charge is 0.225 e. The van der Waals surface area contributed by atoms with E-state index < -0.39 is 5.41 Å². The van der Waals surface area contributed by atoms with Gasteiger partial charge in [0.05, 0.1) is 18.2 Å². The predicted molar refractivity (Wildman–Crippen MR) is 111 cm³/mol. The summed E-state index contributed by atoms with van der Waals surface area (Å²) in [7, 11) is 0. The summed E-state index contributed by atoms with van der Waals surface area (Å²) in [6.07, 6.45) is 3.74. The summed E-state index contributed by atoms with van der Waals surface area (Å²) < 4.78 is 0.